The van der Waals surface area contributed by atoms with E-state index < -0.39 is 15.3 Å². The summed E-state index contributed by atoms with van der Waals surface area (Å²) in [6, 6.07) is 5.67. The lowest BCUT2D eigenvalue weighted by atomic mass is 9.85. The fraction of sp³-hybridized carbons (Fsp3) is 0.462. The average Bonchev–Trinajstić information content (AvgIpc) is 2.70. The number of amides is 1. The molecule has 0 radical (unpaired) electrons. The summed E-state index contributed by atoms with van der Waals surface area (Å²) < 4.78 is 27.9. The van der Waals surface area contributed by atoms with E-state index in [0.717, 1.165) is 6.26 Å². The minimum Gasteiger partial charge on any atom is -0.379 e. The Labute approximate surface area is 118 Å². The smallest absolute Gasteiger partial charge is 0.234 e. The first-order valence-electron chi connectivity index (χ1n) is 6.18. The molecule has 2 rings (SSSR count). The van der Waals surface area contributed by atoms with E-state index in [4.69, 9.17) is 10.5 Å². The molecule has 1 fully saturated rings. The van der Waals surface area contributed by atoms with Gasteiger partial charge in [0.25, 0.3) is 0 Å². The minimum atomic E-state index is -3.24. The molecule has 110 valence electrons. The highest BCUT2D eigenvalue weighted by Crippen LogP contribution is 2.28. The summed E-state index contributed by atoms with van der Waals surface area (Å²) in [5.41, 5.74) is 5.65. The first kappa shape index (κ1) is 15.0. The maximum Gasteiger partial charge on any atom is 0.234 e. The second kappa shape index (κ2) is 5.16. The number of hydrogen-bond acceptors (Lipinski definition) is 5. The summed E-state index contributed by atoms with van der Waals surface area (Å²) in [5.74, 6) is -0.227. The summed E-state index contributed by atoms with van der Waals surface area (Å²) in [6.45, 7) is 2.39. The molecule has 20 heavy (non-hydrogen) atoms. The number of rotatable bonds is 3. The van der Waals surface area contributed by atoms with Crippen molar-refractivity contribution >= 4 is 21.4 Å². The third kappa shape index (κ3) is 2.84. The number of benzene rings is 1. The van der Waals surface area contributed by atoms with Gasteiger partial charge in [-0.1, -0.05) is 0 Å². The van der Waals surface area contributed by atoms with Gasteiger partial charge in [0.2, 0.25) is 5.91 Å². The fourth-order valence-corrected chi connectivity index (χ4v) is 2.61. The van der Waals surface area contributed by atoms with Crippen LogP contribution in [0, 0.1) is 5.41 Å². The lowest BCUT2D eigenvalue weighted by Gasteiger charge is -2.25. The van der Waals surface area contributed by atoms with Crippen molar-refractivity contribution in [3.8, 4) is 0 Å². The van der Waals surface area contributed by atoms with Crippen LogP contribution >= 0.6 is 0 Å². The van der Waals surface area contributed by atoms with Gasteiger partial charge in [0.15, 0.2) is 9.84 Å². The molecule has 1 heterocycles. The van der Waals surface area contributed by atoms with Gasteiger partial charge < -0.3 is 15.8 Å². The number of carbonyl (C=O) groups excluding carboxylic acids is 1. The van der Waals surface area contributed by atoms with Crippen molar-refractivity contribution in [2.24, 2.45) is 11.1 Å². The van der Waals surface area contributed by atoms with Gasteiger partial charge in [-0.15, -0.1) is 0 Å². The molecule has 1 aliphatic rings. The molecule has 0 saturated carbocycles. The Bertz CT molecular complexity index is 612. The van der Waals surface area contributed by atoms with Gasteiger partial charge in [-0.3, -0.25) is 4.79 Å². The van der Waals surface area contributed by atoms with Crippen molar-refractivity contribution in [1.82, 2.24) is 0 Å². The Balaban J connectivity index is 2.13. The molecular weight excluding hydrogens is 280 g/mol. The number of anilines is 1. The van der Waals surface area contributed by atoms with Gasteiger partial charge in [0.05, 0.1) is 23.5 Å². The molecule has 0 spiro atoms. The van der Waals surface area contributed by atoms with Crippen molar-refractivity contribution in [3.05, 3.63) is 24.3 Å². The van der Waals surface area contributed by atoms with E-state index in [1.54, 1.807) is 19.1 Å². The van der Waals surface area contributed by atoms with Crippen molar-refractivity contribution in [2.75, 3.05) is 24.8 Å². The zero-order valence-corrected chi connectivity index (χ0v) is 12.2. The summed E-state index contributed by atoms with van der Waals surface area (Å²) in [4.78, 5) is 12.5. The van der Waals surface area contributed by atoms with Gasteiger partial charge >= 0.3 is 0 Å². The molecule has 2 unspecified atom stereocenters. The lowest BCUT2D eigenvalue weighted by molar-refractivity contribution is -0.125. The largest absolute Gasteiger partial charge is 0.379 e. The van der Waals surface area contributed by atoms with E-state index in [9.17, 15) is 13.2 Å². The van der Waals surface area contributed by atoms with E-state index in [1.807, 2.05) is 0 Å². The lowest BCUT2D eigenvalue weighted by Crippen LogP contribution is -2.47. The predicted octanol–water partition coefficient (Wildman–Crippen LogP) is 0.392. The number of nitrogens with two attached hydrogens (primary N) is 1. The Hall–Kier alpha value is -1.44. The Kier molecular flexibility index (Phi) is 3.86. The molecule has 0 aliphatic carbocycles. The molecule has 0 aromatic heterocycles. The Morgan fingerprint density at radius 3 is 2.45 bits per heavy atom. The number of sulfone groups is 1. The topological polar surface area (TPSA) is 98.5 Å². The summed E-state index contributed by atoms with van der Waals surface area (Å²) in [7, 11) is -3.24. The zero-order valence-electron chi connectivity index (χ0n) is 11.4. The summed E-state index contributed by atoms with van der Waals surface area (Å²) >= 11 is 0. The van der Waals surface area contributed by atoms with E-state index in [0.29, 0.717) is 12.3 Å². The van der Waals surface area contributed by atoms with Gasteiger partial charge in [-0.25, -0.2) is 8.42 Å². The molecule has 1 saturated heterocycles. The molecule has 1 aliphatic heterocycles. The van der Waals surface area contributed by atoms with Gasteiger partial charge in [-0.2, -0.15) is 0 Å². The molecule has 2 atom stereocenters. The van der Waals surface area contributed by atoms with E-state index in [1.165, 1.54) is 12.1 Å². The molecule has 0 bridgehead atoms. The molecular formula is C13H18N2O4S. The third-order valence-electron chi connectivity index (χ3n) is 3.58. The molecule has 3 N–H and O–H groups in total. The second-order valence-corrected chi connectivity index (χ2v) is 7.31. The molecule has 7 heteroatoms. The number of nitrogens with one attached hydrogen (secondary N) is 1. The second-order valence-electron chi connectivity index (χ2n) is 5.29. The van der Waals surface area contributed by atoms with Crippen LogP contribution in [-0.4, -0.2) is 39.8 Å². The Morgan fingerprint density at radius 1 is 1.40 bits per heavy atom. The molecule has 1 aromatic carbocycles. The quantitative estimate of drug-likeness (QED) is 0.841. The van der Waals surface area contributed by atoms with Crippen molar-refractivity contribution < 1.29 is 17.9 Å². The Morgan fingerprint density at radius 2 is 2.00 bits per heavy atom. The van der Waals surface area contributed by atoms with E-state index >= 15 is 0 Å². The third-order valence-corrected chi connectivity index (χ3v) is 4.71. The summed E-state index contributed by atoms with van der Waals surface area (Å²) in [5, 5.41) is 2.74. The van der Waals surface area contributed by atoms with Crippen LogP contribution in [-0.2, 0) is 19.4 Å². The van der Waals surface area contributed by atoms with Crippen LogP contribution in [0.1, 0.15) is 6.92 Å². The highest BCUT2D eigenvalue weighted by Gasteiger charge is 2.44. The van der Waals surface area contributed by atoms with E-state index in [-0.39, 0.29) is 23.5 Å². The predicted molar refractivity (Wildman–Crippen MR) is 75.1 cm³/mol. The van der Waals surface area contributed by atoms with Crippen molar-refractivity contribution in [2.45, 2.75) is 17.9 Å². The van der Waals surface area contributed by atoms with Crippen LogP contribution in [0.4, 0.5) is 5.69 Å². The maximum absolute atomic E-state index is 12.2. The fourth-order valence-electron chi connectivity index (χ4n) is 1.98. The first-order chi connectivity index (χ1) is 9.23. The van der Waals surface area contributed by atoms with Gasteiger partial charge in [-0.05, 0) is 31.2 Å². The van der Waals surface area contributed by atoms with Crippen LogP contribution in [0.5, 0.6) is 0 Å². The number of carbonyl (C=O) groups is 1. The summed E-state index contributed by atoms with van der Waals surface area (Å²) in [6.07, 6.45) is 1.14. The maximum atomic E-state index is 12.2. The monoisotopic (exact) mass is 298 g/mol. The highest BCUT2D eigenvalue weighted by atomic mass is 32.2. The number of hydrogen-bond donors (Lipinski definition) is 2. The van der Waals surface area contributed by atoms with Crippen molar-refractivity contribution in [3.63, 3.8) is 0 Å². The van der Waals surface area contributed by atoms with Gasteiger partial charge in [0, 0.05) is 18.0 Å². The van der Waals surface area contributed by atoms with Crippen LogP contribution in [0.3, 0.4) is 0 Å². The number of ether oxygens (including phenoxy) is 1. The molecule has 1 amide bonds. The molecule has 6 nitrogen and oxygen atoms in total. The van der Waals surface area contributed by atoms with Crippen LogP contribution < -0.4 is 11.1 Å². The standard InChI is InChI=1S/C13H18N2O4S/c1-13(8-19-7-11(13)14)12(16)15-9-3-5-10(6-4-9)20(2,17)18/h3-6,11H,7-8,14H2,1-2H3,(H,15,16). The zero-order chi connectivity index (χ0) is 15.0. The minimum absolute atomic E-state index is 0.211. The van der Waals surface area contributed by atoms with Crippen LogP contribution in [0.2, 0.25) is 0 Å². The van der Waals surface area contributed by atoms with Gasteiger partial charge in [0.1, 0.15) is 0 Å². The van der Waals surface area contributed by atoms with Crippen molar-refractivity contribution in [1.29, 1.82) is 0 Å². The molecule has 1 aromatic rings. The first-order valence-corrected chi connectivity index (χ1v) is 8.07. The van der Waals surface area contributed by atoms with Crippen LogP contribution in [0.15, 0.2) is 29.2 Å². The SMILES string of the molecule is CC1(C(=O)Nc2ccc(S(C)(=O)=O)cc2)COCC1N. The normalized spacial score (nSPS) is 26.4. The average molecular weight is 298 g/mol. The highest BCUT2D eigenvalue weighted by molar-refractivity contribution is 7.90. The van der Waals surface area contributed by atoms with Crippen LogP contribution in [0.25, 0.3) is 0 Å². The van der Waals surface area contributed by atoms with E-state index in [2.05, 4.69) is 5.32 Å².